The van der Waals surface area contributed by atoms with Gasteiger partial charge in [0.2, 0.25) is 5.91 Å². The molecule has 0 bridgehead atoms. The summed E-state index contributed by atoms with van der Waals surface area (Å²) in [5.41, 5.74) is 0.696. The van der Waals surface area contributed by atoms with Crippen LogP contribution in [0.4, 0.5) is 14.5 Å². The molecule has 180 valence electrons. The Morgan fingerprint density at radius 2 is 1.68 bits per heavy atom. The molecule has 0 aliphatic carbocycles. The van der Waals surface area contributed by atoms with Gasteiger partial charge in [0.25, 0.3) is 10.0 Å². The third-order valence-electron chi connectivity index (χ3n) is 4.81. The molecule has 1 N–H and O–H groups in total. The van der Waals surface area contributed by atoms with Gasteiger partial charge in [-0.2, -0.15) is 11.8 Å². The SMILES string of the molecule is O=C(CN(c1ccc(F)c(Cl)c1)S(=O)(=O)c1ccccc1)NCCCSCc1ccccc1F. The Kier molecular flexibility index (Phi) is 9.32. The first-order chi connectivity index (χ1) is 16.3. The topological polar surface area (TPSA) is 66.5 Å². The van der Waals surface area contributed by atoms with E-state index in [1.807, 2.05) is 0 Å². The third-order valence-corrected chi connectivity index (χ3v) is 7.98. The van der Waals surface area contributed by atoms with Crippen LogP contribution in [-0.4, -0.2) is 33.2 Å². The molecule has 1 amide bonds. The molecule has 3 aromatic rings. The molecule has 3 rings (SSSR count). The van der Waals surface area contributed by atoms with Gasteiger partial charge >= 0.3 is 0 Å². The van der Waals surface area contributed by atoms with Crippen molar-refractivity contribution in [1.82, 2.24) is 5.32 Å². The minimum absolute atomic E-state index is 0.00667. The van der Waals surface area contributed by atoms with E-state index in [1.165, 1.54) is 42.1 Å². The van der Waals surface area contributed by atoms with E-state index in [1.54, 1.807) is 36.4 Å². The van der Waals surface area contributed by atoms with E-state index in [9.17, 15) is 22.0 Å². The molecule has 0 heterocycles. The van der Waals surface area contributed by atoms with Crippen LogP contribution in [0.3, 0.4) is 0 Å². The number of thioether (sulfide) groups is 1. The van der Waals surface area contributed by atoms with Gasteiger partial charge in [0, 0.05) is 12.3 Å². The van der Waals surface area contributed by atoms with Gasteiger partial charge in [0.05, 0.1) is 15.6 Å². The smallest absolute Gasteiger partial charge is 0.264 e. The zero-order valence-electron chi connectivity index (χ0n) is 18.1. The van der Waals surface area contributed by atoms with Crippen molar-refractivity contribution >= 4 is 45.0 Å². The molecule has 34 heavy (non-hydrogen) atoms. The van der Waals surface area contributed by atoms with Crippen molar-refractivity contribution in [2.24, 2.45) is 0 Å². The van der Waals surface area contributed by atoms with E-state index >= 15 is 0 Å². The highest BCUT2D eigenvalue weighted by Crippen LogP contribution is 2.27. The van der Waals surface area contributed by atoms with Crippen LogP contribution >= 0.6 is 23.4 Å². The number of anilines is 1. The number of amides is 1. The fourth-order valence-corrected chi connectivity index (χ4v) is 5.62. The average Bonchev–Trinajstić information content (AvgIpc) is 2.83. The number of hydrogen-bond donors (Lipinski definition) is 1. The van der Waals surface area contributed by atoms with Crippen molar-refractivity contribution in [3.63, 3.8) is 0 Å². The van der Waals surface area contributed by atoms with Gasteiger partial charge in [-0.05, 0) is 54.1 Å². The number of rotatable bonds is 11. The largest absolute Gasteiger partial charge is 0.354 e. The van der Waals surface area contributed by atoms with Gasteiger partial charge in [-0.25, -0.2) is 17.2 Å². The predicted octanol–water partition coefficient (Wildman–Crippen LogP) is 5.25. The second-order valence-electron chi connectivity index (χ2n) is 7.27. The van der Waals surface area contributed by atoms with E-state index < -0.39 is 28.3 Å². The Bertz CT molecular complexity index is 1230. The van der Waals surface area contributed by atoms with Crippen LogP contribution in [0.1, 0.15) is 12.0 Å². The maximum atomic E-state index is 13.6. The summed E-state index contributed by atoms with van der Waals surface area (Å²) in [6.07, 6.45) is 0.624. The summed E-state index contributed by atoms with van der Waals surface area (Å²) >= 11 is 7.39. The zero-order chi connectivity index (χ0) is 24.6. The van der Waals surface area contributed by atoms with E-state index in [2.05, 4.69) is 5.32 Å². The number of nitrogens with zero attached hydrogens (tertiary/aromatic N) is 1. The van der Waals surface area contributed by atoms with Crippen molar-refractivity contribution in [2.45, 2.75) is 17.1 Å². The summed E-state index contributed by atoms with van der Waals surface area (Å²) in [6, 6.07) is 17.7. The van der Waals surface area contributed by atoms with Crippen LogP contribution < -0.4 is 9.62 Å². The maximum Gasteiger partial charge on any atom is 0.264 e. The molecule has 0 radical (unpaired) electrons. The molecule has 0 aromatic heterocycles. The predicted molar refractivity (Wildman–Crippen MR) is 133 cm³/mol. The maximum absolute atomic E-state index is 13.6. The lowest BCUT2D eigenvalue weighted by Gasteiger charge is -2.24. The number of nitrogens with one attached hydrogen (secondary N) is 1. The molecule has 0 spiro atoms. The molecular weight excluding hydrogens is 502 g/mol. The lowest BCUT2D eigenvalue weighted by atomic mass is 10.2. The standard InChI is InChI=1S/C24H23ClF2N2O3S2/c25-21-15-19(11-12-23(21)27)29(34(31,32)20-8-2-1-3-9-20)16-24(30)28-13-6-14-33-17-18-7-4-5-10-22(18)26/h1-5,7-12,15H,6,13-14,16-17H2,(H,28,30). The first-order valence-corrected chi connectivity index (χ1v) is 13.4. The van der Waals surface area contributed by atoms with Crippen molar-refractivity contribution in [2.75, 3.05) is 23.1 Å². The Morgan fingerprint density at radius 3 is 2.38 bits per heavy atom. The second-order valence-corrected chi connectivity index (χ2v) is 10.6. The van der Waals surface area contributed by atoms with Crippen LogP contribution in [0.25, 0.3) is 0 Å². The van der Waals surface area contributed by atoms with Gasteiger partial charge in [0.15, 0.2) is 0 Å². The molecule has 0 fully saturated rings. The zero-order valence-corrected chi connectivity index (χ0v) is 20.5. The summed E-state index contributed by atoms with van der Waals surface area (Å²) in [5.74, 6) is -0.244. The number of sulfonamides is 1. The first-order valence-electron chi connectivity index (χ1n) is 10.4. The van der Waals surface area contributed by atoms with E-state index in [-0.39, 0.29) is 21.4 Å². The van der Waals surface area contributed by atoms with E-state index in [0.717, 1.165) is 10.4 Å². The molecule has 10 heteroatoms. The number of carbonyl (C=O) groups is 1. The summed E-state index contributed by atoms with van der Waals surface area (Å²) in [7, 11) is -4.10. The van der Waals surface area contributed by atoms with Gasteiger partial charge in [-0.1, -0.05) is 48.0 Å². The highest BCUT2D eigenvalue weighted by Gasteiger charge is 2.27. The van der Waals surface area contributed by atoms with Crippen molar-refractivity contribution < 1.29 is 22.0 Å². The molecule has 3 aromatic carbocycles. The lowest BCUT2D eigenvalue weighted by molar-refractivity contribution is -0.119. The quantitative estimate of drug-likeness (QED) is 0.348. The average molecular weight is 525 g/mol. The minimum Gasteiger partial charge on any atom is -0.354 e. The highest BCUT2D eigenvalue weighted by atomic mass is 35.5. The monoisotopic (exact) mass is 524 g/mol. The third kappa shape index (κ3) is 6.94. The van der Waals surface area contributed by atoms with Gasteiger partial charge in [-0.15, -0.1) is 0 Å². The van der Waals surface area contributed by atoms with Crippen molar-refractivity contribution in [3.05, 3.63) is 95.0 Å². The molecular formula is C24H23ClF2N2O3S2. The van der Waals surface area contributed by atoms with Crippen LogP contribution in [0.5, 0.6) is 0 Å². The van der Waals surface area contributed by atoms with Crippen LogP contribution in [0, 0.1) is 11.6 Å². The molecule has 0 saturated heterocycles. The number of hydrogen-bond acceptors (Lipinski definition) is 4. The molecule has 0 aliphatic heterocycles. The Labute approximate surface area is 207 Å². The van der Waals surface area contributed by atoms with Crippen molar-refractivity contribution in [1.29, 1.82) is 0 Å². The molecule has 5 nitrogen and oxygen atoms in total. The normalized spacial score (nSPS) is 11.3. The second kappa shape index (κ2) is 12.2. The van der Waals surface area contributed by atoms with Crippen LogP contribution in [0.15, 0.2) is 77.7 Å². The van der Waals surface area contributed by atoms with Gasteiger partial charge in [0.1, 0.15) is 18.2 Å². The summed E-state index contributed by atoms with van der Waals surface area (Å²) < 4.78 is 54.6. The Hall–Kier alpha value is -2.62. The van der Waals surface area contributed by atoms with Crippen LogP contribution in [-0.2, 0) is 20.6 Å². The Morgan fingerprint density at radius 1 is 0.971 bits per heavy atom. The van der Waals surface area contributed by atoms with Gasteiger partial charge < -0.3 is 5.32 Å². The molecule has 0 saturated carbocycles. The van der Waals surface area contributed by atoms with Crippen molar-refractivity contribution in [3.8, 4) is 0 Å². The summed E-state index contributed by atoms with van der Waals surface area (Å²) in [4.78, 5) is 12.6. The summed E-state index contributed by atoms with van der Waals surface area (Å²) in [6.45, 7) is -0.173. The summed E-state index contributed by atoms with van der Waals surface area (Å²) in [5, 5.41) is 2.45. The number of benzene rings is 3. The fourth-order valence-electron chi connectivity index (χ4n) is 3.06. The lowest BCUT2D eigenvalue weighted by Crippen LogP contribution is -2.41. The number of carbonyl (C=O) groups excluding carboxylic acids is 1. The highest BCUT2D eigenvalue weighted by molar-refractivity contribution is 7.98. The number of halogens is 3. The molecule has 0 aliphatic rings. The Balaban J connectivity index is 1.60. The van der Waals surface area contributed by atoms with E-state index in [4.69, 9.17) is 11.6 Å². The first kappa shape index (κ1) is 26.0. The van der Waals surface area contributed by atoms with E-state index in [0.29, 0.717) is 30.0 Å². The van der Waals surface area contributed by atoms with Gasteiger partial charge in [-0.3, -0.25) is 9.10 Å². The fraction of sp³-hybridized carbons (Fsp3) is 0.208. The minimum atomic E-state index is -4.10. The molecule has 0 unspecified atom stereocenters. The van der Waals surface area contributed by atoms with Crippen LogP contribution in [0.2, 0.25) is 5.02 Å². The molecule has 0 atom stereocenters.